The fourth-order valence-corrected chi connectivity index (χ4v) is 5.40. The van der Waals surface area contributed by atoms with Crippen LogP contribution in [-0.2, 0) is 24.3 Å². The fraction of sp³-hybridized carbons (Fsp3) is 0.417. The molecule has 1 N–H and O–H groups in total. The molecule has 1 amide bonds. The first kappa shape index (κ1) is 18.4. The third-order valence-corrected chi connectivity index (χ3v) is 6.78. The Balaban J connectivity index is 1.20. The maximum absolute atomic E-state index is 12.6. The molecule has 0 spiro atoms. The molecule has 0 radical (unpaired) electrons. The lowest BCUT2D eigenvalue weighted by Crippen LogP contribution is -3.14. The summed E-state index contributed by atoms with van der Waals surface area (Å²) in [5.74, 6) is 1.13. The van der Waals surface area contributed by atoms with Crippen molar-refractivity contribution in [2.75, 3.05) is 26.2 Å². The molecule has 3 aliphatic heterocycles. The number of rotatable bonds is 3. The van der Waals surface area contributed by atoms with E-state index in [1.807, 2.05) is 21.6 Å². The molecule has 5 rings (SSSR count). The molecular weight excluding hydrogens is 362 g/mol. The lowest BCUT2D eigenvalue weighted by Gasteiger charge is -2.40. The second-order valence-corrected chi connectivity index (χ2v) is 8.74. The molecule has 1 aromatic heterocycles. The van der Waals surface area contributed by atoms with E-state index in [9.17, 15) is 9.59 Å². The number of pyridine rings is 1. The largest absolute Gasteiger partial charge is 0.334 e. The predicted octanol–water partition coefficient (Wildman–Crippen LogP) is 0.991. The number of benzene rings is 1. The van der Waals surface area contributed by atoms with Crippen molar-refractivity contribution in [3.05, 3.63) is 81.8 Å². The molecule has 5 heteroatoms. The summed E-state index contributed by atoms with van der Waals surface area (Å²) in [7, 11) is 0. The number of fused-ring (bicyclic) bond motifs is 5. The third kappa shape index (κ3) is 3.67. The third-order valence-electron chi connectivity index (χ3n) is 6.78. The van der Waals surface area contributed by atoms with E-state index in [0.29, 0.717) is 18.4 Å². The van der Waals surface area contributed by atoms with Gasteiger partial charge in [0.25, 0.3) is 5.56 Å². The first-order valence-corrected chi connectivity index (χ1v) is 10.7. The topological polar surface area (TPSA) is 46.8 Å². The summed E-state index contributed by atoms with van der Waals surface area (Å²) in [5, 5.41) is 0. The van der Waals surface area contributed by atoms with Crippen molar-refractivity contribution >= 4 is 5.91 Å². The molecule has 1 fully saturated rings. The van der Waals surface area contributed by atoms with Crippen LogP contribution in [0, 0.1) is 5.92 Å². The highest BCUT2D eigenvalue weighted by Gasteiger charge is 2.36. The van der Waals surface area contributed by atoms with Crippen molar-refractivity contribution in [1.29, 1.82) is 0 Å². The van der Waals surface area contributed by atoms with Crippen molar-refractivity contribution < 1.29 is 9.69 Å². The highest BCUT2D eigenvalue weighted by atomic mass is 16.2. The number of hydrogen-bond acceptors (Lipinski definition) is 2. The molecular formula is C24H28N3O2+. The molecule has 1 unspecified atom stereocenters. The highest BCUT2D eigenvalue weighted by Crippen LogP contribution is 2.29. The molecule has 29 heavy (non-hydrogen) atoms. The Hall–Kier alpha value is -2.66. The van der Waals surface area contributed by atoms with Gasteiger partial charge in [-0.15, -0.1) is 0 Å². The number of likely N-dealkylation sites (tertiary alicyclic amines) is 1. The van der Waals surface area contributed by atoms with Gasteiger partial charge in [0.05, 0.1) is 19.6 Å². The van der Waals surface area contributed by atoms with Gasteiger partial charge < -0.3 is 14.4 Å². The minimum Gasteiger partial charge on any atom is -0.334 e. The van der Waals surface area contributed by atoms with Gasteiger partial charge in [0.2, 0.25) is 5.91 Å². The van der Waals surface area contributed by atoms with Crippen LogP contribution in [0.5, 0.6) is 0 Å². The molecule has 3 atom stereocenters. The molecule has 2 aromatic rings. The van der Waals surface area contributed by atoms with Crippen LogP contribution >= 0.6 is 0 Å². The molecule has 150 valence electrons. The van der Waals surface area contributed by atoms with Crippen LogP contribution in [0.3, 0.4) is 0 Å². The number of hydrogen-bond donors (Lipinski definition) is 1. The summed E-state index contributed by atoms with van der Waals surface area (Å²) in [6.07, 6.45) is 5.94. The van der Waals surface area contributed by atoms with Gasteiger partial charge in [0.1, 0.15) is 0 Å². The van der Waals surface area contributed by atoms with Crippen LogP contribution in [0.1, 0.15) is 29.2 Å². The zero-order chi connectivity index (χ0) is 19.8. The maximum Gasteiger partial charge on any atom is 0.250 e. The molecule has 1 saturated heterocycles. The Morgan fingerprint density at radius 1 is 1.10 bits per heavy atom. The molecule has 1 aromatic carbocycles. The van der Waals surface area contributed by atoms with Crippen molar-refractivity contribution in [1.82, 2.24) is 9.47 Å². The Bertz CT molecular complexity index is 1010. The number of aromatic nitrogens is 1. The quantitative estimate of drug-likeness (QED) is 0.795. The van der Waals surface area contributed by atoms with E-state index in [4.69, 9.17) is 0 Å². The van der Waals surface area contributed by atoms with Crippen molar-refractivity contribution in [2.24, 2.45) is 5.92 Å². The molecule has 4 heterocycles. The monoisotopic (exact) mass is 390 g/mol. The highest BCUT2D eigenvalue weighted by molar-refractivity contribution is 5.87. The van der Waals surface area contributed by atoms with Crippen molar-refractivity contribution in [3.63, 3.8) is 0 Å². The molecule has 0 saturated carbocycles. The van der Waals surface area contributed by atoms with Crippen LogP contribution < -0.4 is 10.5 Å². The zero-order valence-corrected chi connectivity index (χ0v) is 16.7. The van der Waals surface area contributed by atoms with E-state index in [1.165, 1.54) is 28.1 Å². The Morgan fingerprint density at radius 3 is 2.86 bits per heavy atom. The standard InChI is InChI=1S/C24H27N3O2/c28-23(26-12-10-19-5-1-2-6-20(19)17-26)9-4-11-25-14-18-13-21(16-25)22-7-3-8-24(29)27(22)15-18/h1-9,18,21H,10-17H2/p+1/t18-,21+/m0/s1. The fourth-order valence-electron chi connectivity index (χ4n) is 5.40. The summed E-state index contributed by atoms with van der Waals surface area (Å²) in [4.78, 5) is 28.3. The Morgan fingerprint density at radius 2 is 1.97 bits per heavy atom. The van der Waals surface area contributed by atoms with Gasteiger partial charge in [-0.25, -0.2) is 0 Å². The average Bonchev–Trinajstić information content (AvgIpc) is 2.74. The van der Waals surface area contributed by atoms with Gasteiger partial charge in [0, 0.05) is 49.3 Å². The van der Waals surface area contributed by atoms with Gasteiger partial charge >= 0.3 is 0 Å². The zero-order valence-electron chi connectivity index (χ0n) is 16.7. The molecule has 2 bridgehead atoms. The van der Waals surface area contributed by atoms with E-state index in [1.54, 1.807) is 12.1 Å². The minimum atomic E-state index is 0.119. The normalized spacial score (nSPS) is 25.5. The number of nitrogens with one attached hydrogen (secondary N) is 1. The summed E-state index contributed by atoms with van der Waals surface area (Å²) in [6.45, 7) is 5.34. The number of piperidine rings is 1. The lowest BCUT2D eigenvalue weighted by atomic mass is 9.83. The summed E-state index contributed by atoms with van der Waals surface area (Å²) in [6, 6.07) is 14.1. The number of carbonyl (C=O) groups is 1. The van der Waals surface area contributed by atoms with E-state index in [2.05, 4.69) is 30.3 Å². The first-order chi connectivity index (χ1) is 14.2. The summed E-state index contributed by atoms with van der Waals surface area (Å²) >= 11 is 0. The van der Waals surface area contributed by atoms with Crippen LogP contribution in [0.25, 0.3) is 0 Å². The first-order valence-electron chi connectivity index (χ1n) is 10.7. The van der Waals surface area contributed by atoms with Crippen molar-refractivity contribution in [2.45, 2.75) is 31.8 Å². The molecule has 3 aliphatic rings. The lowest BCUT2D eigenvalue weighted by molar-refractivity contribution is -0.905. The van der Waals surface area contributed by atoms with Crippen molar-refractivity contribution in [3.8, 4) is 0 Å². The van der Waals surface area contributed by atoms with Crippen LogP contribution in [0.4, 0.5) is 0 Å². The SMILES string of the molecule is O=C(C=CC[NH+]1C[C@@H]2C[C@H](C1)c1cccc(=O)n1C2)N1CCc2ccccc2C1. The smallest absolute Gasteiger partial charge is 0.250 e. The summed E-state index contributed by atoms with van der Waals surface area (Å²) in [5.41, 5.74) is 3.96. The average molecular weight is 391 g/mol. The van der Waals surface area contributed by atoms with Crippen LogP contribution in [0.2, 0.25) is 0 Å². The number of quaternary nitrogens is 1. The van der Waals surface area contributed by atoms with Gasteiger partial charge in [-0.3, -0.25) is 9.59 Å². The van der Waals surface area contributed by atoms with Gasteiger partial charge in [-0.1, -0.05) is 30.3 Å². The second-order valence-electron chi connectivity index (χ2n) is 8.74. The summed E-state index contributed by atoms with van der Waals surface area (Å²) < 4.78 is 1.98. The Kier molecular flexibility index (Phi) is 4.84. The van der Waals surface area contributed by atoms with Gasteiger partial charge in [-0.05, 0) is 36.1 Å². The van der Waals surface area contributed by atoms with Gasteiger partial charge in [-0.2, -0.15) is 0 Å². The number of amides is 1. The molecule has 5 nitrogen and oxygen atoms in total. The van der Waals surface area contributed by atoms with E-state index >= 15 is 0 Å². The van der Waals surface area contributed by atoms with Gasteiger partial charge in [0.15, 0.2) is 0 Å². The molecule has 0 aliphatic carbocycles. The van der Waals surface area contributed by atoms with Crippen LogP contribution in [-0.4, -0.2) is 41.6 Å². The second kappa shape index (κ2) is 7.64. The number of nitrogens with zero attached hydrogens (tertiary/aromatic N) is 2. The Labute approximate surface area is 171 Å². The maximum atomic E-state index is 12.6. The number of carbonyl (C=O) groups excluding carboxylic acids is 1. The van der Waals surface area contributed by atoms with E-state index in [0.717, 1.165) is 39.1 Å². The van der Waals surface area contributed by atoms with Crippen LogP contribution in [0.15, 0.2) is 59.4 Å². The minimum absolute atomic E-state index is 0.119. The van der Waals surface area contributed by atoms with E-state index < -0.39 is 0 Å². The predicted molar refractivity (Wildman–Crippen MR) is 112 cm³/mol. The van der Waals surface area contributed by atoms with E-state index in [-0.39, 0.29) is 11.5 Å².